The summed E-state index contributed by atoms with van der Waals surface area (Å²) in [7, 11) is 0. The van der Waals surface area contributed by atoms with Crippen LogP contribution in [-0.2, 0) is 31.2 Å². The molecule has 5 aromatic carbocycles. The van der Waals surface area contributed by atoms with Gasteiger partial charge < -0.3 is 13.9 Å². The van der Waals surface area contributed by atoms with Crippen LogP contribution in [0.5, 0.6) is 0 Å². The van der Waals surface area contributed by atoms with Gasteiger partial charge in [-0.2, -0.15) is 6.07 Å². The zero-order valence-corrected chi connectivity index (χ0v) is 35.4. The molecule has 0 spiro atoms. The first-order valence-corrected chi connectivity index (χ1v) is 19.7. The van der Waals surface area contributed by atoms with E-state index in [1.165, 1.54) is 45.9 Å². The molecule has 6 heteroatoms. The maximum Gasteiger partial charge on any atom is 2.00 e. The molecule has 1 saturated carbocycles. The number of hydrogen-bond donors (Lipinski definition) is 0. The van der Waals surface area contributed by atoms with Gasteiger partial charge in [0.2, 0.25) is 0 Å². The fourth-order valence-corrected chi connectivity index (χ4v) is 9.16. The first-order chi connectivity index (χ1) is 26.4. The molecule has 0 N–H and O–H groups in total. The van der Waals surface area contributed by atoms with E-state index in [0.29, 0.717) is 5.90 Å². The van der Waals surface area contributed by atoms with Gasteiger partial charge in [-0.05, 0) is 98.0 Å². The predicted octanol–water partition coefficient (Wildman–Crippen LogP) is 12.3. The SMILES string of the molecule is Cc1ccc2c(c1)c1cc(C)c(-n3c4ccc(-c5ccccc5)cc4c4cccnc43)[c-]c1n2-c1[c-]c(C2=N[C@@]3(C)CCCC[C@]3(C)O2)cc(C(C)(C)C)c1.[Pt+2]. The smallest absolute Gasteiger partial charge is 0.512 e. The number of aromatic nitrogens is 3. The van der Waals surface area contributed by atoms with Crippen LogP contribution in [0.15, 0.2) is 108 Å². The van der Waals surface area contributed by atoms with E-state index >= 15 is 0 Å². The maximum absolute atomic E-state index is 6.87. The van der Waals surface area contributed by atoms with Gasteiger partial charge in [0.05, 0.1) is 11.1 Å². The normalized spacial score (nSPS) is 19.7. The van der Waals surface area contributed by atoms with Crippen LogP contribution in [0, 0.1) is 26.0 Å². The average Bonchev–Trinajstić information content (AvgIpc) is 3.78. The molecule has 0 saturated heterocycles. The predicted molar refractivity (Wildman–Crippen MR) is 227 cm³/mol. The molecule has 2 atom stereocenters. The van der Waals surface area contributed by atoms with Crippen LogP contribution in [0.3, 0.4) is 0 Å². The van der Waals surface area contributed by atoms with Gasteiger partial charge in [0.25, 0.3) is 0 Å². The third-order valence-electron chi connectivity index (χ3n) is 12.6. The zero-order valence-electron chi connectivity index (χ0n) is 33.2. The molecule has 10 rings (SSSR count). The van der Waals surface area contributed by atoms with E-state index in [1.54, 1.807) is 0 Å². The monoisotopic (exact) mass is 913 g/mol. The summed E-state index contributed by atoms with van der Waals surface area (Å²) in [6, 6.07) is 43.1. The fraction of sp³-hybridized carbons (Fsp3) is 0.280. The fourth-order valence-electron chi connectivity index (χ4n) is 9.16. The summed E-state index contributed by atoms with van der Waals surface area (Å²) in [4.78, 5) is 10.3. The van der Waals surface area contributed by atoms with Crippen LogP contribution in [0.4, 0.5) is 0 Å². The summed E-state index contributed by atoms with van der Waals surface area (Å²) in [6.07, 6.45) is 6.28. The molecule has 0 radical (unpaired) electrons. The van der Waals surface area contributed by atoms with Crippen molar-refractivity contribution < 1.29 is 25.8 Å². The Morgan fingerprint density at radius 1 is 0.714 bits per heavy atom. The molecule has 56 heavy (non-hydrogen) atoms. The zero-order chi connectivity index (χ0) is 37.9. The summed E-state index contributed by atoms with van der Waals surface area (Å²) in [5, 5.41) is 4.65. The molecule has 0 bridgehead atoms. The number of benzene rings is 5. The second-order valence-electron chi connectivity index (χ2n) is 17.4. The Morgan fingerprint density at radius 2 is 1.46 bits per heavy atom. The van der Waals surface area contributed by atoms with E-state index in [4.69, 9.17) is 14.7 Å². The largest absolute Gasteiger partial charge is 2.00 e. The Labute approximate surface area is 343 Å². The molecule has 1 aliphatic heterocycles. The molecule has 4 heterocycles. The summed E-state index contributed by atoms with van der Waals surface area (Å²) in [5.41, 5.74) is 12.3. The van der Waals surface area contributed by atoms with Crippen LogP contribution in [0.2, 0.25) is 0 Å². The second-order valence-corrected chi connectivity index (χ2v) is 17.4. The number of ether oxygens (including phenoxy) is 1. The first-order valence-electron chi connectivity index (χ1n) is 19.7. The Bertz CT molecular complexity index is 2890. The van der Waals surface area contributed by atoms with Gasteiger partial charge in [0.15, 0.2) is 0 Å². The van der Waals surface area contributed by atoms with Crippen LogP contribution < -0.4 is 0 Å². The second kappa shape index (κ2) is 13.0. The van der Waals surface area contributed by atoms with Crippen molar-refractivity contribution in [3.8, 4) is 22.5 Å². The minimum Gasteiger partial charge on any atom is -0.512 e. The minimum absolute atomic E-state index is 0. The topological polar surface area (TPSA) is 44.3 Å². The molecule has 3 aromatic heterocycles. The van der Waals surface area contributed by atoms with Gasteiger partial charge in [0.1, 0.15) is 17.1 Å². The average molecular weight is 914 g/mol. The molecule has 282 valence electrons. The Morgan fingerprint density at radius 3 is 2.25 bits per heavy atom. The Kier molecular flexibility index (Phi) is 8.52. The quantitative estimate of drug-likeness (QED) is 0.165. The summed E-state index contributed by atoms with van der Waals surface area (Å²) in [6.45, 7) is 15.7. The number of rotatable bonds is 4. The van der Waals surface area contributed by atoms with Crippen molar-refractivity contribution in [1.82, 2.24) is 14.1 Å². The van der Waals surface area contributed by atoms with Crippen LogP contribution >= 0.6 is 0 Å². The number of pyridine rings is 1. The molecule has 1 aliphatic carbocycles. The van der Waals surface area contributed by atoms with E-state index in [9.17, 15) is 0 Å². The number of nitrogens with zero attached hydrogens (tertiary/aromatic N) is 4. The molecule has 0 amide bonds. The van der Waals surface area contributed by atoms with Crippen molar-refractivity contribution in [3.05, 3.63) is 138 Å². The van der Waals surface area contributed by atoms with Gasteiger partial charge in [-0.1, -0.05) is 105 Å². The molecule has 1 fully saturated rings. The molecule has 0 unspecified atom stereocenters. The van der Waals surface area contributed by atoms with Crippen molar-refractivity contribution in [1.29, 1.82) is 0 Å². The molecule has 8 aromatic rings. The van der Waals surface area contributed by atoms with Gasteiger partial charge in [-0.25, -0.2) is 4.98 Å². The Hall–Kier alpha value is -4.99. The molecular formula is C50H46N4OPt. The number of aliphatic imine (C=N–C) groups is 1. The molecule has 5 nitrogen and oxygen atoms in total. The molecular weight excluding hydrogens is 868 g/mol. The van der Waals surface area contributed by atoms with Gasteiger partial charge in [-0.15, -0.1) is 40.8 Å². The first kappa shape index (κ1) is 36.6. The summed E-state index contributed by atoms with van der Waals surface area (Å²) in [5.74, 6) is 0.711. The van der Waals surface area contributed by atoms with Crippen molar-refractivity contribution in [2.24, 2.45) is 4.99 Å². The number of fused-ring (bicyclic) bond motifs is 7. The maximum atomic E-state index is 6.87. The van der Waals surface area contributed by atoms with Crippen molar-refractivity contribution in [2.45, 2.75) is 90.7 Å². The van der Waals surface area contributed by atoms with Crippen molar-refractivity contribution in [3.63, 3.8) is 0 Å². The minimum atomic E-state index is -0.310. The van der Waals surface area contributed by atoms with E-state index < -0.39 is 0 Å². The summed E-state index contributed by atoms with van der Waals surface area (Å²) >= 11 is 0. The molecule has 2 aliphatic rings. The van der Waals surface area contributed by atoms with E-state index in [1.807, 2.05) is 12.3 Å². The van der Waals surface area contributed by atoms with E-state index in [2.05, 4.69) is 161 Å². The standard InChI is InChI=1S/C50H46N4O.Pt/c1-31-17-19-42-39(24-31)40-25-32(2)44(54-43-20-18-34(33-14-9-8-10-15-33)28-41(43)38-16-13-23-51-46(38)54)30-45(40)53(42)37-27-35(26-36(29-37)48(3,4)5)47-52-49(6)21-11-12-22-50(49,7)55-47;/h8-10,13-20,23-26,28-29H,11-12,21-22H2,1-7H3;/q-2;+2/t49-,50-;/m0./s1. The third-order valence-corrected chi connectivity index (χ3v) is 12.6. The van der Waals surface area contributed by atoms with E-state index in [-0.39, 0.29) is 37.6 Å². The third kappa shape index (κ3) is 5.60. The Balaban J connectivity index is 0.00000410. The van der Waals surface area contributed by atoms with Crippen LogP contribution in [0.25, 0.3) is 66.2 Å². The van der Waals surface area contributed by atoms with Crippen molar-refractivity contribution >= 4 is 49.6 Å². The van der Waals surface area contributed by atoms with Gasteiger partial charge >= 0.3 is 21.1 Å². The van der Waals surface area contributed by atoms with Gasteiger partial charge in [0, 0.05) is 22.5 Å². The van der Waals surface area contributed by atoms with Crippen molar-refractivity contribution in [2.75, 3.05) is 0 Å². The number of aryl methyl sites for hydroxylation is 2. The van der Waals surface area contributed by atoms with Crippen LogP contribution in [-0.4, -0.2) is 31.2 Å². The number of hydrogen-bond acceptors (Lipinski definition) is 3. The van der Waals surface area contributed by atoms with E-state index in [0.717, 1.165) is 68.3 Å². The van der Waals surface area contributed by atoms with Crippen LogP contribution in [0.1, 0.15) is 82.6 Å². The van der Waals surface area contributed by atoms with Gasteiger partial charge in [-0.3, -0.25) is 4.99 Å². The summed E-state index contributed by atoms with van der Waals surface area (Å²) < 4.78 is 11.5.